The van der Waals surface area contributed by atoms with E-state index in [1.165, 1.54) is 58.2 Å². The van der Waals surface area contributed by atoms with Crippen molar-refractivity contribution >= 4 is 0 Å². The quantitative estimate of drug-likeness (QED) is 0.666. The summed E-state index contributed by atoms with van der Waals surface area (Å²) in [6.07, 6.45) is 7.86. The number of rotatable bonds is 10. The van der Waals surface area contributed by atoms with E-state index in [0.29, 0.717) is 11.5 Å². The first kappa shape index (κ1) is 17.9. The van der Waals surface area contributed by atoms with Gasteiger partial charge in [0.15, 0.2) is 0 Å². The van der Waals surface area contributed by atoms with Crippen molar-refractivity contribution in [1.82, 2.24) is 10.2 Å². The van der Waals surface area contributed by atoms with Crippen LogP contribution in [0.1, 0.15) is 59.3 Å². The van der Waals surface area contributed by atoms with E-state index in [1.54, 1.807) is 0 Å². The highest BCUT2D eigenvalue weighted by molar-refractivity contribution is 4.88. The summed E-state index contributed by atoms with van der Waals surface area (Å²) in [6, 6.07) is 0.716. The maximum atomic E-state index is 5.34. The van der Waals surface area contributed by atoms with Gasteiger partial charge in [0.25, 0.3) is 0 Å². The molecule has 0 amide bonds. The Morgan fingerprint density at radius 2 is 1.80 bits per heavy atom. The van der Waals surface area contributed by atoms with Gasteiger partial charge in [0.2, 0.25) is 0 Å². The highest BCUT2D eigenvalue weighted by Gasteiger charge is 2.34. The molecule has 3 heteroatoms. The summed E-state index contributed by atoms with van der Waals surface area (Å²) >= 11 is 0. The van der Waals surface area contributed by atoms with Gasteiger partial charge in [-0.05, 0) is 50.6 Å². The number of ether oxygens (including phenoxy) is 1. The predicted octanol–water partition coefficient (Wildman–Crippen LogP) is 3.29. The van der Waals surface area contributed by atoms with E-state index in [-0.39, 0.29) is 0 Å². The Bertz CT molecular complexity index is 230. The SMILES string of the molecule is CCCC1(CN(CCOC)C(CC)CC)CCNCC1. The second-order valence-electron chi connectivity index (χ2n) is 6.43. The molecule has 1 aliphatic heterocycles. The third-order valence-electron chi connectivity index (χ3n) is 5.02. The first-order chi connectivity index (χ1) is 9.71. The van der Waals surface area contributed by atoms with E-state index in [1.807, 2.05) is 7.11 Å². The van der Waals surface area contributed by atoms with Gasteiger partial charge in [0.1, 0.15) is 0 Å². The molecule has 3 nitrogen and oxygen atoms in total. The lowest BCUT2D eigenvalue weighted by Gasteiger charge is -2.44. The molecule has 0 aromatic heterocycles. The summed E-state index contributed by atoms with van der Waals surface area (Å²) in [4.78, 5) is 2.71. The van der Waals surface area contributed by atoms with Crippen LogP contribution in [-0.4, -0.2) is 50.8 Å². The Hall–Kier alpha value is -0.120. The van der Waals surface area contributed by atoms with Crippen molar-refractivity contribution in [2.45, 2.75) is 65.3 Å². The Balaban J connectivity index is 2.71. The minimum Gasteiger partial charge on any atom is -0.383 e. The average molecular weight is 284 g/mol. The van der Waals surface area contributed by atoms with Crippen molar-refractivity contribution in [1.29, 1.82) is 0 Å². The van der Waals surface area contributed by atoms with E-state index in [4.69, 9.17) is 4.74 Å². The van der Waals surface area contributed by atoms with Gasteiger partial charge in [0.05, 0.1) is 6.61 Å². The third-order valence-corrected chi connectivity index (χ3v) is 5.02. The molecule has 120 valence electrons. The molecule has 0 radical (unpaired) electrons. The van der Waals surface area contributed by atoms with Crippen LogP contribution in [0.15, 0.2) is 0 Å². The first-order valence-corrected chi connectivity index (χ1v) is 8.65. The minimum atomic E-state index is 0.538. The third kappa shape index (κ3) is 5.34. The smallest absolute Gasteiger partial charge is 0.0589 e. The molecule has 0 saturated carbocycles. The Morgan fingerprint density at radius 1 is 1.15 bits per heavy atom. The predicted molar refractivity (Wildman–Crippen MR) is 87.3 cm³/mol. The average Bonchev–Trinajstić information content (AvgIpc) is 2.47. The Kier molecular flexibility index (Phi) is 8.74. The highest BCUT2D eigenvalue weighted by Crippen LogP contribution is 2.35. The summed E-state index contributed by atoms with van der Waals surface area (Å²) in [7, 11) is 1.82. The normalized spacial score (nSPS) is 18.9. The maximum absolute atomic E-state index is 5.34. The van der Waals surface area contributed by atoms with Crippen molar-refractivity contribution < 1.29 is 4.74 Å². The largest absolute Gasteiger partial charge is 0.383 e. The summed E-state index contributed by atoms with van der Waals surface area (Å²) in [5.41, 5.74) is 0.538. The van der Waals surface area contributed by atoms with Crippen molar-refractivity contribution in [3.8, 4) is 0 Å². The van der Waals surface area contributed by atoms with Gasteiger partial charge in [-0.2, -0.15) is 0 Å². The van der Waals surface area contributed by atoms with Crippen molar-refractivity contribution in [3.05, 3.63) is 0 Å². The molecular weight excluding hydrogens is 248 g/mol. The van der Waals surface area contributed by atoms with Crippen LogP contribution in [0.3, 0.4) is 0 Å². The number of nitrogens with one attached hydrogen (secondary N) is 1. The highest BCUT2D eigenvalue weighted by atomic mass is 16.5. The van der Waals surface area contributed by atoms with Gasteiger partial charge in [-0.3, -0.25) is 4.90 Å². The van der Waals surface area contributed by atoms with Crippen molar-refractivity contribution in [2.24, 2.45) is 5.41 Å². The van der Waals surface area contributed by atoms with E-state index in [0.717, 1.165) is 13.2 Å². The van der Waals surface area contributed by atoms with Crippen LogP contribution in [0.4, 0.5) is 0 Å². The monoisotopic (exact) mass is 284 g/mol. The van der Waals surface area contributed by atoms with Crippen LogP contribution >= 0.6 is 0 Å². The molecule has 0 bridgehead atoms. The van der Waals surface area contributed by atoms with Crippen LogP contribution in [0.2, 0.25) is 0 Å². The molecule has 1 N–H and O–H groups in total. The zero-order valence-electron chi connectivity index (χ0n) is 14.2. The molecule has 1 saturated heterocycles. The summed E-state index contributed by atoms with van der Waals surface area (Å²) in [5.74, 6) is 0. The van der Waals surface area contributed by atoms with Crippen LogP contribution in [0, 0.1) is 5.41 Å². The number of hydrogen-bond donors (Lipinski definition) is 1. The number of nitrogens with zero attached hydrogens (tertiary/aromatic N) is 1. The van der Waals surface area contributed by atoms with Crippen LogP contribution in [-0.2, 0) is 4.74 Å². The molecule has 1 heterocycles. The second kappa shape index (κ2) is 9.75. The molecule has 0 aromatic rings. The first-order valence-electron chi connectivity index (χ1n) is 8.65. The maximum Gasteiger partial charge on any atom is 0.0589 e. The van der Waals surface area contributed by atoms with Gasteiger partial charge in [-0.15, -0.1) is 0 Å². The molecule has 1 rings (SSSR count). The fraction of sp³-hybridized carbons (Fsp3) is 1.00. The molecule has 0 aromatic carbocycles. The number of methoxy groups -OCH3 is 1. The van der Waals surface area contributed by atoms with Gasteiger partial charge in [-0.1, -0.05) is 27.2 Å². The lowest BCUT2D eigenvalue weighted by molar-refractivity contribution is 0.0486. The molecule has 0 unspecified atom stereocenters. The lowest BCUT2D eigenvalue weighted by Crippen LogP contribution is -2.48. The van der Waals surface area contributed by atoms with Crippen LogP contribution in [0.5, 0.6) is 0 Å². The lowest BCUT2D eigenvalue weighted by atomic mass is 9.74. The summed E-state index contributed by atoms with van der Waals surface area (Å²) < 4.78 is 5.34. The topological polar surface area (TPSA) is 24.5 Å². The van der Waals surface area contributed by atoms with Gasteiger partial charge in [0, 0.05) is 26.2 Å². The van der Waals surface area contributed by atoms with Crippen molar-refractivity contribution in [3.63, 3.8) is 0 Å². The summed E-state index contributed by atoms with van der Waals surface area (Å²) in [5, 5.41) is 3.53. The van der Waals surface area contributed by atoms with Gasteiger partial charge in [-0.25, -0.2) is 0 Å². The molecule has 0 atom stereocenters. The standard InChI is InChI=1S/C17H36N2O/c1-5-8-17(9-11-18-12-10-17)15-19(13-14-20-4)16(6-2)7-3/h16,18H,5-15H2,1-4H3. The minimum absolute atomic E-state index is 0.538. The molecule has 0 aliphatic carbocycles. The van der Waals surface area contributed by atoms with Crippen LogP contribution in [0.25, 0.3) is 0 Å². The number of piperidine rings is 1. The zero-order chi connectivity index (χ0) is 14.8. The molecular formula is C17H36N2O. The molecule has 1 aliphatic rings. The molecule has 0 spiro atoms. The van der Waals surface area contributed by atoms with Crippen LogP contribution < -0.4 is 5.32 Å². The van der Waals surface area contributed by atoms with E-state index in [9.17, 15) is 0 Å². The fourth-order valence-corrected chi connectivity index (χ4v) is 3.81. The van der Waals surface area contributed by atoms with Crippen molar-refractivity contribution in [2.75, 3.05) is 39.9 Å². The summed E-state index contributed by atoms with van der Waals surface area (Å²) in [6.45, 7) is 12.6. The fourth-order valence-electron chi connectivity index (χ4n) is 3.81. The molecule has 1 fully saturated rings. The Morgan fingerprint density at radius 3 is 2.30 bits per heavy atom. The molecule has 20 heavy (non-hydrogen) atoms. The second-order valence-corrected chi connectivity index (χ2v) is 6.43. The van der Waals surface area contributed by atoms with E-state index >= 15 is 0 Å². The van der Waals surface area contributed by atoms with Gasteiger partial charge >= 0.3 is 0 Å². The van der Waals surface area contributed by atoms with E-state index in [2.05, 4.69) is 31.0 Å². The number of hydrogen-bond acceptors (Lipinski definition) is 3. The zero-order valence-corrected chi connectivity index (χ0v) is 14.2. The van der Waals surface area contributed by atoms with E-state index < -0.39 is 0 Å². The Labute approximate surface area is 126 Å². The van der Waals surface area contributed by atoms with Gasteiger partial charge < -0.3 is 10.1 Å².